The number of hydrogen-bond donors (Lipinski definition) is 0. The summed E-state index contributed by atoms with van der Waals surface area (Å²) < 4.78 is 6.07. The topological polar surface area (TPSA) is 63.0 Å². The maximum absolute atomic E-state index is 11.6. The van der Waals surface area contributed by atoms with Crippen LogP contribution in [0.2, 0.25) is 0 Å². The van der Waals surface area contributed by atoms with E-state index in [-0.39, 0.29) is 5.97 Å². The molecule has 1 unspecified atom stereocenters. The molecule has 0 N–H and O–H groups in total. The minimum atomic E-state index is -0.806. The zero-order chi connectivity index (χ0) is 19.1. The lowest BCUT2D eigenvalue weighted by atomic mass is 9.78. The SMILES string of the molecule is CCOC(=O)CCCCC(C#N)(c1ccccc1)c1nc2ccccc2s1. The van der Waals surface area contributed by atoms with E-state index < -0.39 is 5.41 Å². The predicted molar refractivity (Wildman–Crippen MR) is 108 cm³/mol. The van der Waals surface area contributed by atoms with Crippen molar-refractivity contribution in [2.24, 2.45) is 0 Å². The summed E-state index contributed by atoms with van der Waals surface area (Å²) in [4.78, 5) is 16.4. The lowest BCUT2D eigenvalue weighted by Gasteiger charge is -2.25. The van der Waals surface area contributed by atoms with Crippen LogP contribution in [0.15, 0.2) is 54.6 Å². The van der Waals surface area contributed by atoms with Gasteiger partial charge in [-0.3, -0.25) is 4.79 Å². The van der Waals surface area contributed by atoms with Crippen molar-refractivity contribution >= 4 is 27.5 Å². The van der Waals surface area contributed by atoms with E-state index in [9.17, 15) is 10.1 Å². The van der Waals surface area contributed by atoms with Crippen molar-refractivity contribution in [2.75, 3.05) is 6.61 Å². The molecule has 0 amide bonds. The fourth-order valence-electron chi connectivity index (χ4n) is 3.21. The Hall–Kier alpha value is -2.71. The number of aromatic nitrogens is 1. The number of carbonyl (C=O) groups is 1. The van der Waals surface area contributed by atoms with Crippen molar-refractivity contribution in [2.45, 2.75) is 38.0 Å². The highest BCUT2D eigenvalue weighted by atomic mass is 32.1. The second-order valence-corrected chi connectivity index (χ2v) is 7.41. The standard InChI is InChI=1S/C22H22N2O2S/c1-2-26-20(25)14-8-9-15-22(16-23,17-10-4-3-5-11-17)21-24-18-12-6-7-13-19(18)27-21/h3-7,10-13H,2,8-9,14-15H2,1H3. The monoisotopic (exact) mass is 378 g/mol. The number of benzene rings is 2. The smallest absolute Gasteiger partial charge is 0.305 e. The quantitative estimate of drug-likeness (QED) is 0.398. The number of nitriles is 1. The van der Waals surface area contributed by atoms with Crippen LogP contribution in [0.3, 0.4) is 0 Å². The molecule has 0 aliphatic heterocycles. The van der Waals surface area contributed by atoms with Gasteiger partial charge in [0, 0.05) is 6.42 Å². The number of unbranched alkanes of at least 4 members (excludes halogenated alkanes) is 1. The summed E-state index contributed by atoms with van der Waals surface area (Å²) in [5.41, 5.74) is 1.06. The first-order valence-corrected chi connectivity index (χ1v) is 9.99. The van der Waals surface area contributed by atoms with E-state index in [4.69, 9.17) is 9.72 Å². The molecule has 5 heteroatoms. The molecule has 138 valence electrons. The molecular formula is C22H22N2O2S. The first-order chi connectivity index (χ1) is 13.2. The zero-order valence-corrected chi connectivity index (χ0v) is 16.2. The highest BCUT2D eigenvalue weighted by Crippen LogP contribution is 2.40. The summed E-state index contributed by atoms with van der Waals surface area (Å²) >= 11 is 1.57. The fourth-order valence-corrected chi connectivity index (χ4v) is 4.37. The highest BCUT2D eigenvalue weighted by Gasteiger charge is 2.37. The molecule has 1 aromatic heterocycles. The molecule has 0 bridgehead atoms. The van der Waals surface area contributed by atoms with Crippen LogP contribution in [-0.2, 0) is 14.9 Å². The number of thiazole rings is 1. The number of fused-ring (bicyclic) bond motifs is 1. The van der Waals surface area contributed by atoms with E-state index in [0.717, 1.165) is 27.2 Å². The summed E-state index contributed by atoms with van der Waals surface area (Å²) in [6.45, 7) is 2.21. The van der Waals surface area contributed by atoms with Gasteiger partial charge in [-0.1, -0.05) is 48.9 Å². The van der Waals surface area contributed by atoms with Crippen molar-refractivity contribution < 1.29 is 9.53 Å². The van der Waals surface area contributed by atoms with Gasteiger partial charge in [-0.25, -0.2) is 4.98 Å². The molecule has 27 heavy (non-hydrogen) atoms. The van der Waals surface area contributed by atoms with Gasteiger partial charge in [-0.2, -0.15) is 5.26 Å². The van der Waals surface area contributed by atoms with Crippen LogP contribution in [0.5, 0.6) is 0 Å². The molecule has 4 nitrogen and oxygen atoms in total. The average Bonchev–Trinajstić information content (AvgIpc) is 3.14. The van der Waals surface area contributed by atoms with Gasteiger partial charge >= 0.3 is 5.97 Å². The van der Waals surface area contributed by atoms with Crippen LogP contribution in [0.1, 0.15) is 43.2 Å². The number of ether oxygens (including phenoxy) is 1. The van der Waals surface area contributed by atoms with E-state index in [1.54, 1.807) is 18.3 Å². The number of rotatable bonds is 8. The summed E-state index contributed by atoms with van der Waals surface area (Å²) in [6, 6.07) is 20.3. The molecular weight excluding hydrogens is 356 g/mol. The number of carbonyl (C=O) groups excluding carboxylic acids is 1. The van der Waals surface area contributed by atoms with Gasteiger partial charge in [-0.05, 0) is 37.5 Å². The van der Waals surface area contributed by atoms with Crippen LogP contribution in [0.4, 0.5) is 0 Å². The highest BCUT2D eigenvalue weighted by molar-refractivity contribution is 7.18. The first-order valence-electron chi connectivity index (χ1n) is 9.18. The minimum absolute atomic E-state index is 0.181. The van der Waals surface area contributed by atoms with Gasteiger partial charge in [0.05, 0.1) is 22.9 Å². The Kier molecular flexibility index (Phi) is 6.20. The third kappa shape index (κ3) is 4.17. The molecule has 0 aliphatic rings. The minimum Gasteiger partial charge on any atom is -0.466 e. The van der Waals surface area contributed by atoms with Crippen LogP contribution in [0.25, 0.3) is 10.2 Å². The largest absolute Gasteiger partial charge is 0.466 e. The van der Waals surface area contributed by atoms with Gasteiger partial charge in [0.2, 0.25) is 0 Å². The maximum Gasteiger partial charge on any atom is 0.305 e. The Balaban J connectivity index is 1.89. The number of hydrogen-bond acceptors (Lipinski definition) is 5. The molecule has 0 radical (unpaired) electrons. The summed E-state index contributed by atoms with van der Waals surface area (Å²) in [7, 11) is 0. The molecule has 0 aliphatic carbocycles. The van der Waals surface area contributed by atoms with Gasteiger partial charge in [0.25, 0.3) is 0 Å². The number of esters is 1. The molecule has 0 spiro atoms. The van der Waals surface area contributed by atoms with Gasteiger partial charge in [-0.15, -0.1) is 11.3 Å². The maximum atomic E-state index is 11.6. The van der Waals surface area contributed by atoms with Crippen molar-refractivity contribution in [1.82, 2.24) is 4.98 Å². The Labute approximate surface area is 163 Å². The molecule has 3 aromatic rings. The van der Waals surface area contributed by atoms with E-state index in [1.165, 1.54) is 0 Å². The molecule has 1 heterocycles. The Morgan fingerprint density at radius 3 is 2.59 bits per heavy atom. The van der Waals surface area contributed by atoms with E-state index in [2.05, 4.69) is 6.07 Å². The van der Waals surface area contributed by atoms with Crippen molar-refractivity contribution in [3.63, 3.8) is 0 Å². The summed E-state index contributed by atoms with van der Waals surface area (Å²) in [5, 5.41) is 11.0. The number of para-hydroxylation sites is 1. The fraction of sp³-hybridized carbons (Fsp3) is 0.318. The normalized spacial score (nSPS) is 13.0. The molecule has 2 aromatic carbocycles. The van der Waals surface area contributed by atoms with Gasteiger partial charge in [0.1, 0.15) is 10.4 Å². The molecule has 0 fully saturated rings. The van der Waals surface area contributed by atoms with Crippen LogP contribution < -0.4 is 0 Å². The molecule has 0 saturated carbocycles. The zero-order valence-electron chi connectivity index (χ0n) is 15.4. The summed E-state index contributed by atoms with van der Waals surface area (Å²) in [6.07, 6.45) is 2.44. The van der Waals surface area contributed by atoms with Gasteiger partial charge < -0.3 is 4.74 Å². The Bertz CT molecular complexity index is 913. The predicted octanol–water partition coefficient (Wildman–Crippen LogP) is 5.23. The molecule has 1 atom stereocenters. The van der Waals surface area contributed by atoms with Crippen LogP contribution in [0, 0.1) is 11.3 Å². The van der Waals surface area contributed by atoms with Crippen LogP contribution in [-0.4, -0.2) is 17.6 Å². The van der Waals surface area contributed by atoms with Crippen molar-refractivity contribution in [3.8, 4) is 6.07 Å². The molecule has 0 saturated heterocycles. The van der Waals surface area contributed by atoms with E-state index in [0.29, 0.717) is 25.9 Å². The lowest BCUT2D eigenvalue weighted by Crippen LogP contribution is -2.25. The number of nitrogens with zero attached hydrogens (tertiary/aromatic N) is 2. The lowest BCUT2D eigenvalue weighted by molar-refractivity contribution is -0.143. The van der Waals surface area contributed by atoms with Crippen LogP contribution >= 0.6 is 11.3 Å². The van der Waals surface area contributed by atoms with Crippen molar-refractivity contribution in [1.29, 1.82) is 5.26 Å². The Morgan fingerprint density at radius 2 is 1.89 bits per heavy atom. The first kappa shape index (κ1) is 19.1. The second kappa shape index (κ2) is 8.79. The van der Waals surface area contributed by atoms with Crippen molar-refractivity contribution in [3.05, 3.63) is 65.2 Å². The van der Waals surface area contributed by atoms with E-state index >= 15 is 0 Å². The summed E-state index contributed by atoms with van der Waals surface area (Å²) in [5.74, 6) is -0.181. The Morgan fingerprint density at radius 1 is 1.15 bits per heavy atom. The van der Waals surface area contributed by atoms with E-state index in [1.807, 2.05) is 54.6 Å². The third-order valence-electron chi connectivity index (χ3n) is 4.60. The molecule has 3 rings (SSSR count). The average molecular weight is 378 g/mol. The van der Waals surface area contributed by atoms with Gasteiger partial charge in [0.15, 0.2) is 0 Å². The second-order valence-electron chi connectivity index (χ2n) is 6.38. The third-order valence-corrected chi connectivity index (χ3v) is 5.80.